The van der Waals surface area contributed by atoms with Crippen LogP contribution < -0.4 is 15.1 Å². The fourth-order valence-corrected chi connectivity index (χ4v) is 5.96. The highest BCUT2D eigenvalue weighted by atomic mass is 19.4. The normalized spacial score (nSPS) is 24.6. The van der Waals surface area contributed by atoms with Gasteiger partial charge in [0.2, 0.25) is 5.91 Å². The van der Waals surface area contributed by atoms with Gasteiger partial charge >= 0.3 is 6.18 Å². The number of pyridine rings is 1. The lowest BCUT2D eigenvalue weighted by atomic mass is 9.94. The lowest BCUT2D eigenvalue weighted by molar-refractivity contribution is -0.149. The second-order valence-corrected chi connectivity index (χ2v) is 10.3. The Hall–Kier alpha value is -2.85. The van der Waals surface area contributed by atoms with Crippen molar-refractivity contribution in [3.8, 4) is 0 Å². The molecule has 2 bridgehead atoms. The van der Waals surface area contributed by atoms with E-state index in [0.717, 1.165) is 42.0 Å². The first-order valence-corrected chi connectivity index (χ1v) is 12.7. The summed E-state index contributed by atoms with van der Waals surface area (Å²) < 4.78 is 44.4. The van der Waals surface area contributed by atoms with E-state index >= 15 is 0 Å². The highest BCUT2D eigenvalue weighted by molar-refractivity contribution is 6.00. The molecule has 0 spiro atoms. The minimum atomic E-state index is -4.22. The molecule has 1 aromatic carbocycles. The Labute approximate surface area is 208 Å². The first-order valence-electron chi connectivity index (χ1n) is 12.7. The summed E-state index contributed by atoms with van der Waals surface area (Å²) in [5.41, 5.74) is 3.56. The largest absolute Gasteiger partial charge is 0.401 e. The quantitative estimate of drug-likeness (QED) is 0.677. The predicted molar refractivity (Wildman–Crippen MR) is 130 cm³/mol. The van der Waals surface area contributed by atoms with Crippen LogP contribution in [0.15, 0.2) is 36.5 Å². The van der Waals surface area contributed by atoms with Gasteiger partial charge in [0.05, 0.1) is 43.2 Å². The number of fused-ring (bicyclic) bond motifs is 5. The SMILES string of the molecule is O=C(C1CCN(CC(F)(F)F)CC1)N1Cc2cccnc2Nc2ccc(N3CC4CCC3CO4)cc21. The van der Waals surface area contributed by atoms with Crippen LogP contribution in [0.1, 0.15) is 31.2 Å². The number of halogens is 3. The molecule has 4 fully saturated rings. The number of carbonyl (C=O) groups excluding carboxylic acids is 1. The van der Waals surface area contributed by atoms with Crippen LogP contribution >= 0.6 is 0 Å². The summed E-state index contributed by atoms with van der Waals surface area (Å²) in [5, 5.41) is 3.41. The average Bonchev–Trinajstić information content (AvgIpc) is 3.05. The Balaban J connectivity index is 1.29. The number of nitrogens with zero attached hydrogens (tertiary/aromatic N) is 4. The molecule has 10 heteroatoms. The zero-order valence-electron chi connectivity index (χ0n) is 20.0. The van der Waals surface area contributed by atoms with E-state index in [9.17, 15) is 18.0 Å². The molecule has 5 aliphatic heterocycles. The number of benzene rings is 1. The monoisotopic (exact) mass is 501 g/mol. The van der Waals surface area contributed by atoms with Crippen molar-refractivity contribution in [2.75, 3.05) is 47.9 Å². The highest BCUT2D eigenvalue weighted by Gasteiger charge is 2.38. The number of piperidine rings is 2. The molecule has 0 radical (unpaired) electrons. The molecule has 2 atom stereocenters. The Morgan fingerprint density at radius 3 is 2.67 bits per heavy atom. The second-order valence-electron chi connectivity index (χ2n) is 10.3. The summed E-state index contributed by atoms with van der Waals surface area (Å²) in [6, 6.07) is 10.3. The van der Waals surface area contributed by atoms with Gasteiger partial charge in [0.15, 0.2) is 0 Å². The number of alkyl halides is 3. The van der Waals surface area contributed by atoms with Crippen molar-refractivity contribution in [2.45, 2.75) is 50.6 Å². The third kappa shape index (κ3) is 4.64. The van der Waals surface area contributed by atoms with Gasteiger partial charge in [-0.25, -0.2) is 4.98 Å². The van der Waals surface area contributed by atoms with Gasteiger partial charge < -0.3 is 19.9 Å². The third-order valence-corrected chi connectivity index (χ3v) is 7.87. The number of nitrogens with one attached hydrogen (secondary N) is 1. The topological polar surface area (TPSA) is 60.9 Å². The van der Waals surface area contributed by atoms with Crippen LogP contribution in [-0.4, -0.2) is 66.9 Å². The van der Waals surface area contributed by atoms with Gasteiger partial charge in [-0.3, -0.25) is 9.69 Å². The Morgan fingerprint density at radius 1 is 1.14 bits per heavy atom. The van der Waals surface area contributed by atoms with Crippen LogP contribution in [0, 0.1) is 5.92 Å². The van der Waals surface area contributed by atoms with Gasteiger partial charge in [0.1, 0.15) is 5.82 Å². The molecule has 7 nitrogen and oxygen atoms in total. The number of hydrogen-bond donors (Lipinski definition) is 1. The number of likely N-dealkylation sites (tertiary alicyclic amines) is 1. The molecular weight excluding hydrogens is 471 g/mol. The van der Waals surface area contributed by atoms with Gasteiger partial charge in [0.25, 0.3) is 0 Å². The third-order valence-electron chi connectivity index (χ3n) is 7.87. The number of morpholine rings is 1. The van der Waals surface area contributed by atoms with Gasteiger partial charge in [-0.1, -0.05) is 6.07 Å². The molecule has 6 heterocycles. The van der Waals surface area contributed by atoms with Crippen LogP contribution in [0.5, 0.6) is 0 Å². The van der Waals surface area contributed by atoms with Gasteiger partial charge in [-0.2, -0.15) is 13.2 Å². The molecule has 2 unspecified atom stereocenters. The van der Waals surface area contributed by atoms with Crippen LogP contribution in [0.25, 0.3) is 0 Å². The van der Waals surface area contributed by atoms with Gasteiger partial charge in [0, 0.05) is 29.9 Å². The average molecular weight is 502 g/mol. The standard InChI is InChI=1S/C26H30F3N5O2/c27-26(28,29)16-32-10-7-17(8-11-32)25(35)34-13-18-2-1-9-30-24(18)31-22-6-4-19(12-23(22)34)33-14-21-5-3-20(33)15-36-21/h1-2,4,6,9,12,17,20-21H,3,5,7-8,10-11,13-16H2,(H,30,31). The van der Waals surface area contributed by atoms with E-state index in [1.807, 2.05) is 23.1 Å². The van der Waals surface area contributed by atoms with E-state index in [2.05, 4.69) is 27.3 Å². The molecule has 5 aliphatic rings. The fraction of sp³-hybridized carbons (Fsp3) is 0.538. The molecule has 36 heavy (non-hydrogen) atoms. The van der Waals surface area contributed by atoms with E-state index in [1.165, 1.54) is 4.90 Å². The van der Waals surface area contributed by atoms with Crippen molar-refractivity contribution in [3.63, 3.8) is 0 Å². The molecule has 7 rings (SSSR count). The molecule has 0 aliphatic carbocycles. The number of hydrogen-bond acceptors (Lipinski definition) is 6. The van der Waals surface area contributed by atoms with Crippen LogP contribution in [0.4, 0.5) is 36.1 Å². The predicted octanol–water partition coefficient (Wildman–Crippen LogP) is 4.31. The number of carbonyl (C=O) groups is 1. The summed E-state index contributed by atoms with van der Waals surface area (Å²) in [6.07, 6.45) is 0.735. The first kappa shape index (κ1) is 23.5. The fourth-order valence-electron chi connectivity index (χ4n) is 5.96. The zero-order valence-corrected chi connectivity index (χ0v) is 20.0. The minimum absolute atomic E-state index is 0.0398. The maximum atomic E-state index is 13.9. The molecule has 2 aromatic rings. The van der Waals surface area contributed by atoms with Gasteiger partial charge in [-0.05, 0) is 63.0 Å². The van der Waals surface area contributed by atoms with E-state index < -0.39 is 12.7 Å². The molecule has 1 N–H and O–H groups in total. The summed E-state index contributed by atoms with van der Waals surface area (Å²) in [5.74, 6) is 0.359. The molecule has 1 amide bonds. The van der Waals surface area contributed by atoms with Gasteiger partial charge in [-0.15, -0.1) is 0 Å². The zero-order chi connectivity index (χ0) is 24.9. The number of rotatable bonds is 3. The molecule has 4 saturated heterocycles. The van der Waals surface area contributed by atoms with Crippen molar-refractivity contribution >= 4 is 28.8 Å². The van der Waals surface area contributed by atoms with Crippen molar-refractivity contribution < 1.29 is 22.7 Å². The first-order chi connectivity index (χ1) is 17.3. The summed E-state index contributed by atoms with van der Waals surface area (Å²) in [7, 11) is 0. The number of amides is 1. The van der Waals surface area contributed by atoms with Crippen LogP contribution in [0.2, 0.25) is 0 Å². The van der Waals surface area contributed by atoms with Crippen molar-refractivity contribution in [2.24, 2.45) is 5.92 Å². The van der Waals surface area contributed by atoms with Crippen LogP contribution in [-0.2, 0) is 16.1 Å². The number of anilines is 4. The van der Waals surface area contributed by atoms with Crippen molar-refractivity contribution in [1.29, 1.82) is 0 Å². The number of ether oxygens (including phenoxy) is 1. The smallest absolute Gasteiger partial charge is 0.374 e. The molecule has 0 saturated carbocycles. The van der Waals surface area contributed by atoms with E-state index in [0.29, 0.717) is 37.9 Å². The maximum absolute atomic E-state index is 13.9. The second kappa shape index (κ2) is 9.23. The Kier molecular flexibility index (Phi) is 6.03. The Morgan fingerprint density at radius 2 is 1.97 bits per heavy atom. The molecular formula is C26H30F3N5O2. The minimum Gasteiger partial charge on any atom is -0.374 e. The summed E-state index contributed by atoms with van der Waals surface area (Å²) in [6.45, 7) is 1.53. The maximum Gasteiger partial charge on any atom is 0.401 e. The highest BCUT2D eigenvalue weighted by Crippen LogP contribution is 2.41. The van der Waals surface area contributed by atoms with E-state index in [4.69, 9.17) is 4.74 Å². The lowest BCUT2D eigenvalue weighted by Gasteiger charge is -2.46. The lowest BCUT2D eigenvalue weighted by Crippen LogP contribution is -2.54. The summed E-state index contributed by atoms with van der Waals surface area (Å²) in [4.78, 5) is 24.0. The van der Waals surface area contributed by atoms with Crippen LogP contribution in [0.3, 0.4) is 0 Å². The Bertz CT molecular complexity index is 1130. The van der Waals surface area contributed by atoms with Crippen molar-refractivity contribution in [1.82, 2.24) is 9.88 Å². The van der Waals surface area contributed by atoms with Crippen molar-refractivity contribution in [3.05, 3.63) is 42.1 Å². The summed E-state index contributed by atoms with van der Waals surface area (Å²) >= 11 is 0. The van der Waals surface area contributed by atoms with E-state index in [-0.39, 0.29) is 31.0 Å². The molecule has 1 aromatic heterocycles. The van der Waals surface area contributed by atoms with E-state index in [1.54, 1.807) is 6.20 Å². The number of aromatic nitrogens is 1. The molecule has 192 valence electrons.